The van der Waals surface area contributed by atoms with Crippen LogP contribution in [0.1, 0.15) is 60.2 Å². The van der Waals surface area contributed by atoms with Gasteiger partial charge in [-0.3, -0.25) is 0 Å². The Kier molecular flexibility index (Phi) is 4.74. The van der Waals surface area contributed by atoms with E-state index >= 15 is 0 Å². The average Bonchev–Trinajstić information content (AvgIpc) is 2.99. The van der Waals surface area contributed by atoms with Crippen molar-refractivity contribution in [1.29, 1.82) is 0 Å². The molecular weight excluding hydrogens is 354 g/mol. The van der Waals surface area contributed by atoms with Crippen LogP contribution >= 0.6 is 0 Å². The van der Waals surface area contributed by atoms with E-state index in [1.165, 1.54) is 27.6 Å². The van der Waals surface area contributed by atoms with E-state index in [0.29, 0.717) is 5.75 Å². The summed E-state index contributed by atoms with van der Waals surface area (Å²) >= 11 is 0. The molecule has 0 saturated heterocycles. The molecule has 2 heteroatoms. The highest BCUT2D eigenvalue weighted by molar-refractivity contribution is 5.85. The third-order valence-electron chi connectivity index (χ3n) is 5.88. The summed E-state index contributed by atoms with van der Waals surface area (Å²) in [7, 11) is 0. The minimum atomic E-state index is -0.0637. The Bertz CT molecular complexity index is 1160. The molecule has 0 saturated carbocycles. The summed E-state index contributed by atoms with van der Waals surface area (Å²) in [5.41, 5.74) is 8.08. The molecule has 0 aliphatic rings. The van der Waals surface area contributed by atoms with Gasteiger partial charge in [-0.2, -0.15) is 0 Å². The molecule has 0 amide bonds. The number of benzene rings is 3. The molecule has 0 aliphatic heterocycles. The largest absolute Gasteiger partial charge is 0.508 e. The lowest BCUT2D eigenvalue weighted by molar-refractivity contribution is 0.465. The number of aryl methyl sites for hydroxylation is 2. The summed E-state index contributed by atoms with van der Waals surface area (Å²) in [5, 5.41) is 12.1. The first kappa shape index (κ1) is 19.3. The van der Waals surface area contributed by atoms with Crippen molar-refractivity contribution < 1.29 is 5.11 Å². The molecule has 0 radical (unpaired) electrons. The second kappa shape index (κ2) is 7.11. The van der Waals surface area contributed by atoms with E-state index in [2.05, 4.69) is 88.1 Å². The van der Waals surface area contributed by atoms with Gasteiger partial charge in [-0.05, 0) is 53.6 Å². The highest BCUT2D eigenvalue weighted by atomic mass is 16.3. The normalized spacial score (nSPS) is 13.0. The van der Waals surface area contributed by atoms with Gasteiger partial charge in [-0.15, -0.1) is 0 Å². The number of aromatic hydroxyl groups is 1. The molecule has 1 aromatic heterocycles. The number of H-pyrrole nitrogens is 1. The first-order valence-corrected chi connectivity index (χ1v) is 10.2. The summed E-state index contributed by atoms with van der Waals surface area (Å²) in [5.74, 6) is 0.271. The van der Waals surface area contributed by atoms with E-state index in [1.54, 1.807) is 0 Å². The van der Waals surface area contributed by atoms with Crippen molar-refractivity contribution >= 4 is 10.9 Å². The quantitative estimate of drug-likeness (QED) is 0.394. The molecule has 148 valence electrons. The third-order valence-corrected chi connectivity index (χ3v) is 5.88. The maximum atomic E-state index is 10.9. The predicted molar refractivity (Wildman–Crippen MR) is 122 cm³/mol. The van der Waals surface area contributed by atoms with E-state index in [4.69, 9.17) is 0 Å². The topological polar surface area (TPSA) is 36.0 Å². The Morgan fingerprint density at radius 3 is 2.28 bits per heavy atom. The van der Waals surface area contributed by atoms with E-state index in [-0.39, 0.29) is 11.3 Å². The van der Waals surface area contributed by atoms with Crippen molar-refractivity contribution in [2.45, 2.75) is 46.0 Å². The maximum Gasteiger partial charge on any atom is 0.119 e. The Hall–Kier alpha value is -3.00. The number of hydrogen-bond donors (Lipinski definition) is 2. The standard InChI is InChI=1S/C27H29NO/c1-17-11-13-21-18(2)26(28-23(21)15-17)25(19-9-7-6-8-10-19)22-16-20(27(3,4)5)12-14-24(22)29/h6-16,25,28-29H,1-5H3. The molecule has 4 rings (SSSR count). The molecule has 0 fully saturated rings. The van der Waals surface area contributed by atoms with Gasteiger partial charge in [0.05, 0.1) is 5.92 Å². The maximum absolute atomic E-state index is 10.9. The summed E-state index contributed by atoms with van der Waals surface area (Å²) < 4.78 is 0. The van der Waals surface area contributed by atoms with Gasteiger partial charge < -0.3 is 10.1 Å². The number of nitrogens with one attached hydrogen (secondary N) is 1. The monoisotopic (exact) mass is 383 g/mol. The number of fused-ring (bicyclic) bond motifs is 1. The van der Waals surface area contributed by atoms with Gasteiger partial charge in [-0.25, -0.2) is 0 Å². The molecule has 4 aromatic rings. The lowest BCUT2D eigenvalue weighted by atomic mass is 9.81. The Balaban J connectivity index is 2.00. The van der Waals surface area contributed by atoms with E-state index in [1.807, 2.05) is 18.2 Å². The van der Waals surface area contributed by atoms with Gasteiger partial charge in [0.15, 0.2) is 0 Å². The van der Waals surface area contributed by atoms with Gasteiger partial charge in [0, 0.05) is 22.2 Å². The second-order valence-electron chi connectivity index (χ2n) is 9.08. The van der Waals surface area contributed by atoms with Crippen LogP contribution in [-0.2, 0) is 5.41 Å². The van der Waals surface area contributed by atoms with Crippen molar-refractivity contribution in [3.63, 3.8) is 0 Å². The fourth-order valence-corrected chi connectivity index (χ4v) is 4.16. The molecule has 1 unspecified atom stereocenters. The zero-order valence-electron chi connectivity index (χ0n) is 17.9. The van der Waals surface area contributed by atoms with Crippen molar-refractivity contribution in [2.24, 2.45) is 0 Å². The van der Waals surface area contributed by atoms with Gasteiger partial charge in [-0.1, -0.05) is 75.4 Å². The Morgan fingerprint density at radius 1 is 0.862 bits per heavy atom. The van der Waals surface area contributed by atoms with Crippen LogP contribution in [0.15, 0.2) is 66.7 Å². The summed E-state index contributed by atoms with van der Waals surface area (Å²) in [6.07, 6.45) is 0. The summed E-state index contributed by atoms with van der Waals surface area (Å²) in [6.45, 7) is 10.9. The first-order valence-electron chi connectivity index (χ1n) is 10.2. The van der Waals surface area contributed by atoms with Crippen LogP contribution in [0, 0.1) is 13.8 Å². The molecule has 0 bridgehead atoms. The zero-order chi connectivity index (χ0) is 20.8. The SMILES string of the molecule is Cc1ccc2c(C)c(C(c3ccccc3)c3cc(C(C)(C)C)ccc3O)[nH]c2c1. The lowest BCUT2D eigenvalue weighted by Crippen LogP contribution is -2.13. The average molecular weight is 384 g/mol. The van der Waals surface area contributed by atoms with Crippen LogP contribution in [0.5, 0.6) is 5.75 Å². The van der Waals surface area contributed by atoms with Gasteiger partial charge >= 0.3 is 0 Å². The molecule has 3 aromatic carbocycles. The zero-order valence-corrected chi connectivity index (χ0v) is 17.9. The molecule has 1 heterocycles. The van der Waals surface area contributed by atoms with E-state index < -0.39 is 0 Å². The molecule has 29 heavy (non-hydrogen) atoms. The number of aromatic nitrogens is 1. The molecule has 2 nitrogen and oxygen atoms in total. The van der Waals surface area contributed by atoms with Crippen molar-refractivity contribution in [2.75, 3.05) is 0 Å². The van der Waals surface area contributed by atoms with Crippen LogP contribution in [-0.4, -0.2) is 10.1 Å². The van der Waals surface area contributed by atoms with Crippen LogP contribution in [0.2, 0.25) is 0 Å². The lowest BCUT2D eigenvalue weighted by Gasteiger charge is -2.24. The van der Waals surface area contributed by atoms with E-state index in [9.17, 15) is 5.11 Å². The van der Waals surface area contributed by atoms with Gasteiger partial charge in [0.25, 0.3) is 0 Å². The fraction of sp³-hybridized carbons (Fsp3) is 0.259. The number of rotatable bonds is 3. The smallest absolute Gasteiger partial charge is 0.119 e. The summed E-state index contributed by atoms with van der Waals surface area (Å²) in [6, 6.07) is 23.0. The summed E-state index contributed by atoms with van der Waals surface area (Å²) in [4.78, 5) is 3.68. The Morgan fingerprint density at radius 2 is 1.59 bits per heavy atom. The van der Waals surface area contributed by atoms with Crippen molar-refractivity contribution in [3.05, 3.63) is 100 Å². The molecular formula is C27H29NO. The van der Waals surface area contributed by atoms with Crippen molar-refractivity contribution in [1.82, 2.24) is 4.98 Å². The number of aromatic amines is 1. The minimum absolute atomic E-state index is 0.0102. The minimum Gasteiger partial charge on any atom is -0.508 e. The number of phenolic OH excluding ortho intramolecular Hbond substituents is 1. The number of hydrogen-bond acceptors (Lipinski definition) is 1. The third kappa shape index (κ3) is 3.55. The Labute approximate surface area is 173 Å². The molecule has 0 aliphatic carbocycles. The molecule has 1 atom stereocenters. The van der Waals surface area contributed by atoms with Crippen LogP contribution in [0.25, 0.3) is 10.9 Å². The predicted octanol–water partition coefficient (Wildman–Crippen LogP) is 6.97. The van der Waals surface area contributed by atoms with Crippen molar-refractivity contribution in [3.8, 4) is 5.75 Å². The van der Waals surface area contributed by atoms with Gasteiger partial charge in [0.1, 0.15) is 5.75 Å². The highest BCUT2D eigenvalue weighted by Crippen LogP contribution is 2.41. The number of phenols is 1. The van der Waals surface area contributed by atoms with E-state index in [0.717, 1.165) is 16.8 Å². The van der Waals surface area contributed by atoms with Crippen LogP contribution < -0.4 is 0 Å². The molecule has 2 N–H and O–H groups in total. The second-order valence-corrected chi connectivity index (χ2v) is 9.08. The van der Waals surface area contributed by atoms with Crippen LogP contribution in [0.4, 0.5) is 0 Å². The van der Waals surface area contributed by atoms with Gasteiger partial charge in [0.2, 0.25) is 0 Å². The fourth-order valence-electron chi connectivity index (χ4n) is 4.16. The molecule has 0 spiro atoms. The first-order chi connectivity index (χ1) is 13.8. The van der Waals surface area contributed by atoms with Crippen LogP contribution in [0.3, 0.4) is 0 Å². The highest BCUT2D eigenvalue weighted by Gasteiger charge is 2.26.